The number of aromatic nitrogens is 1. The zero-order valence-electron chi connectivity index (χ0n) is 8.29. The molecular weight excluding hydrogens is 167 g/mol. The molecule has 13 heavy (non-hydrogen) atoms. The molecule has 0 aromatic carbocycles. The maximum Gasteiger partial charge on any atom is 0.214 e. The number of pyridine rings is 1. The van der Waals surface area contributed by atoms with Gasteiger partial charge in [0.2, 0.25) is 5.95 Å². The normalized spacial score (nSPS) is 12.6. The van der Waals surface area contributed by atoms with E-state index in [2.05, 4.69) is 18.8 Å². The van der Waals surface area contributed by atoms with Crippen molar-refractivity contribution in [2.75, 3.05) is 11.9 Å². The first-order valence-electron chi connectivity index (χ1n) is 4.50. The van der Waals surface area contributed by atoms with Gasteiger partial charge in [0.25, 0.3) is 0 Å². The van der Waals surface area contributed by atoms with Crippen molar-refractivity contribution in [3.63, 3.8) is 0 Å². The molecular formula is C10H15FN2. The lowest BCUT2D eigenvalue weighted by atomic mass is 10.2. The Morgan fingerprint density at radius 1 is 1.54 bits per heavy atom. The van der Waals surface area contributed by atoms with Crippen molar-refractivity contribution in [1.29, 1.82) is 0 Å². The highest BCUT2D eigenvalue weighted by Gasteiger charge is 2.08. The summed E-state index contributed by atoms with van der Waals surface area (Å²) in [6, 6.07) is 5.23. The van der Waals surface area contributed by atoms with Crippen LogP contribution in [0.2, 0.25) is 0 Å². The van der Waals surface area contributed by atoms with Gasteiger partial charge in [0.05, 0.1) is 0 Å². The number of anilines is 1. The fraction of sp³-hybridized carbons (Fsp3) is 0.500. The van der Waals surface area contributed by atoms with Gasteiger partial charge in [0, 0.05) is 13.1 Å². The van der Waals surface area contributed by atoms with Gasteiger partial charge in [0.1, 0.15) is 5.82 Å². The van der Waals surface area contributed by atoms with Crippen LogP contribution in [0.25, 0.3) is 0 Å². The number of halogens is 1. The molecule has 1 aromatic rings. The van der Waals surface area contributed by atoms with Gasteiger partial charge in [-0.2, -0.15) is 4.39 Å². The summed E-state index contributed by atoms with van der Waals surface area (Å²) in [6.45, 7) is 4.19. The standard InChI is InChI=1S/C10H15FN2/c1-4-8(2)13(3)10-7-5-6-9(11)12-10/h5-8H,4H2,1-3H3. The molecule has 72 valence electrons. The van der Waals surface area contributed by atoms with Crippen LogP contribution in [0.4, 0.5) is 10.2 Å². The summed E-state index contributed by atoms with van der Waals surface area (Å²) in [4.78, 5) is 5.78. The number of rotatable bonds is 3. The smallest absolute Gasteiger partial charge is 0.214 e. The van der Waals surface area contributed by atoms with E-state index in [4.69, 9.17) is 0 Å². The Morgan fingerprint density at radius 2 is 2.23 bits per heavy atom. The molecule has 0 aliphatic heterocycles. The van der Waals surface area contributed by atoms with Crippen molar-refractivity contribution < 1.29 is 4.39 Å². The quantitative estimate of drug-likeness (QED) is 0.667. The van der Waals surface area contributed by atoms with Crippen LogP contribution in [-0.4, -0.2) is 18.1 Å². The summed E-state index contributed by atoms with van der Waals surface area (Å²) in [5.41, 5.74) is 0. The van der Waals surface area contributed by atoms with Gasteiger partial charge in [-0.1, -0.05) is 13.0 Å². The van der Waals surface area contributed by atoms with Crippen molar-refractivity contribution in [3.05, 3.63) is 24.1 Å². The number of nitrogens with zero attached hydrogens (tertiary/aromatic N) is 2. The Hall–Kier alpha value is -1.12. The van der Waals surface area contributed by atoms with Gasteiger partial charge >= 0.3 is 0 Å². The SMILES string of the molecule is CCC(C)N(C)c1cccc(F)n1. The zero-order valence-corrected chi connectivity index (χ0v) is 8.29. The largest absolute Gasteiger partial charge is 0.357 e. The molecule has 3 heteroatoms. The highest BCUT2D eigenvalue weighted by molar-refractivity contribution is 5.37. The van der Waals surface area contributed by atoms with Crippen LogP contribution in [0.1, 0.15) is 20.3 Å². The molecule has 1 heterocycles. The van der Waals surface area contributed by atoms with Crippen molar-refractivity contribution in [2.45, 2.75) is 26.3 Å². The lowest BCUT2D eigenvalue weighted by Gasteiger charge is -2.24. The van der Waals surface area contributed by atoms with Crippen LogP contribution in [0.15, 0.2) is 18.2 Å². The fourth-order valence-corrected chi connectivity index (χ4v) is 1.09. The van der Waals surface area contributed by atoms with Crippen molar-refractivity contribution in [2.24, 2.45) is 0 Å². The molecule has 1 atom stereocenters. The maximum absolute atomic E-state index is 12.8. The summed E-state index contributed by atoms with van der Waals surface area (Å²) < 4.78 is 12.8. The van der Waals surface area contributed by atoms with Crippen LogP contribution in [0.5, 0.6) is 0 Å². The van der Waals surface area contributed by atoms with Gasteiger partial charge in [-0.3, -0.25) is 0 Å². The minimum atomic E-state index is -0.423. The van der Waals surface area contributed by atoms with Gasteiger partial charge in [-0.25, -0.2) is 4.98 Å². The Morgan fingerprint density at radius 3 is 2.77 bits per heavy atom. The second-order valence-corrected chi connectivity index (χ2v) is 3.19. The minimum Gasteiger partial charge on any atom is -0.357 e. The third-order valence-electron chi connectivity index (χ3n) is 2.31. The molecule has 0 saturated carbocycles. The highest BCUT2D eigenvalue weighted by atomic mass is 19.1. The van der Waals surface area contributed by atoms with E-state index in [1.54, 1.807) is 6.07 Å². The van der Waals surface area contributed by atoms with E-state index < -0.39 is 5.95 Å². The minimum absolute atomic E-state index is 0.384. The molecule has 0 N–H and O–H groups in total. The summed E-state index contributed by atoms with van der Waals surface area (Å²) in [5.74, 6) is 0.266. The van der Waals surface area contributed by atoms with Crippen LogP contribution >= 0.6 is 0 Å². The van der Waals surface area contributed by atoms with Crippen molar-refractivity contribution in [1.82, 2.24) is 4.98 Å². The molecule has 0 fully saturated rings. The van der Waals surface area contributed by atoms with E-state index in [9.17, 15) is 4.39 Å². The van der Waals surface area contributed by atoms with E-state index in [0.717, 1.165) is 6.42 Å². The Kier molecular flexibility index (Phi) is 3.23. The second-order valence-electron chi connectivity index (χ2n) is 3.19. The number of hydrogen-bond acceptors (Lipinski definition) is 2. The fourth-order valence-electron chi connectivity index (χ4n) is 1.09. The topological polar surface area (TPSA) is 16.1 Å². The lowest BCUT2D eigenvalue weighted by Crippen LogP contribution is -2.28. The highest BCUT2D eigenvalue weighted by Crippen LogP contribution is 2.13. The summed E-state index contributed by atoms with van der Waals surface area (Å²) in [7, 11) is 1.93. The molecule has 1 unspecified atom stereocenters. The molecule has 0 spiro atoms. The number of hydrogen-bond donors (Lipinski definition) is 0. The average molecular weight is 182 g/mol. The molecule has 0 radical (unpaired) electrons. The molecule has 0 aliphatic rings. The van der Waals surface area contributed by atoms with Gasteiger partial charge in [-0.05, 0) is 25.5 Å². The first-order chi connectivity index (χ1) is 6.15. The summed E-state index contributed by atoms with van der Waals surface area (Å²) in [5, 5.41) is 0. The molecule has 0 aliphatic carbocycles. The summed E-state index contributed by atoms with van der Waals surface area (Å²) in [6.07, 6.45) is 1.02. The Bertz CT molecular complexity index is 275. The summed E-state index contributed by atoms with van der Waals surface area (Å²) >= 11 is 0. The van der Waals surface area contributed by atoms with Crippen LogP contribution in [0.3, 0.4) is 0 Å². The van der Waals surface area contributed by atoms with E-state index >= 15 is 0 Å². The second kappa shape index (κ2) is 4.21. The molecule has 2 nitrogen and oxygen atoms in total. The maximum atomic E-state index is 12.8. The Labute approximate surface area is 78.4 Å². The van der Waals surface area contributed by atoms with Crippen molar-refractivity contribution in [3.8, 4) is 0 Å². The van der Waals surface area contributed by atoms with Gasteiger partial charge in [0.15, 0.2) is 0 Å². The van der Waals surface area contributed by atoms with Crippen LogP contribution in [0, 0.1) is 5.95 Å². The van der Waals surface area contributed by atoms with Gasteiger partial charge < -0.3 is 4.90 Å². The van der Waals surface area contributed by atoms with Crippen LogP contribution in [-0.2, 0) is 0 Å². The third-order valence-corrected chi connectivity index (χ3v) is 2.31. The van der Waals surface area contributed by atoms with Crippen molar-refractivity contribution >= 4 is 5.82 Å². The van der Waals surface area contributed by atoms with Crippen LogP contribution < -0.4 is 4.90 Å². The average Bonchev–Trinajstić information content (AvgIpc) is 2.15. The molecule has 0 saturated heterocycles. The van der Waals surface area contributed by atoms with Gasteiger partial charge in [-0.15, -0.1) is 0 Å². The first kappa shape index (κ1) is 9.96. The molecule has 0 amide bonds. The third kappa shape index (κ3) is 2.41. The Balaban J connectivity index is 2.82. The first-order valence-corrected chi connectivity index (χ1v) is 4.50. The zero-order chi connectivity index (χ0) is 9.84. The lowest BCUT2D eigenvalue weighted by molar-refractivity contribution is 0.575. The monoisotopic (exact) mass is 182 g/mol. The van der Waals surface area contributed by atoms with E-state index in [-0.39, 0.29) is 0 Å². The van der Waals surface area contributed by atoms with E-state index in [1.165, 1.54) is 6.07 Å². The molecule has 0 bridgehead atoms. The van der Waals surface area contributed by atoms with E-state index in [0.29, 0.717) is 11.9 Å². The predicted octanol–water partition coefficient (Wildman–Crippen LogP) is 2.46. The predicted molar refractivity (Wildman–Crippen MR) is 52.4 cm³/mol. The molecule has 1 aromatic heterocycles. The molecule has 1 rings (SSSR count). The van der Waals surface area contributed by atoms with E-state index in [1.807, 2.05) is 18.0 Å².